The van der Waals surface area contributed by atoms with Crippen molar-refractivity contribution in [1.29, 1.82) is 0 Å². The van der Waals surface area contributed by atoms with Crippen LogP contribution in [0.3, 0.4) is 0 Å². The maximum Gasteiger partial charge on any atom is 0.573 e. The van der Waals surface area contributed by atoms with Crippen molar-refractivity contribution in [3.05, 3.63) is 29.8 Å². The quantitative estimate of drug-likeness (QED) is 0.835. The first-order valence-corrected chi connectivity index (χ1v) is 8.41. The average Bonchev–Trinajstić information content (AvgIpc) is 3.02. The van der Waals surface area contributed by atoms with Crippen LogP contribution in [-0.2, 0) is 16.1 Å². The molecule has 3 fully saturated rings. The number of benzene rings is 1. The van der Waals surface area contributed by atoms with Gasteiger partial charge in [0.1, 0.15) is 5.75 Å². The predicted octanol–water partition coefficient (Wildman–Crippen LogP) is 2.51. The highest BCUT2D eigenvalue weighted by atomic mass is 19.4. The van der Waals surface area contributed by atoms with Crippen LogP contribution in [0.2, 0.25) is 0 Å². The fourth-order valence-corrected chi connectivity index (χ4v) is 4.30. The summed E-state index contributed by atoms with van der Waals surface area (Å²) in [5.41, 5.74) is -0.145. The minimum absolute atomic E-state index is 0.0641. The second kappa shape index (κ2) is 5.88. The first kappa shape index (κ1) is 16.7. The number of amides is 1. The van der Waals surface area contributed by atoms with E-state index in [1.165, 1.54) is 12.1 Å². The van der Waals surface area contributed by atoms with Gasteiger partial charge in [0, 0.05) is 38.0 Å². The lowest BCUT2D eigenvalue weighted by atomic mass is 10.0. The molecule has 2 atom stereocenters. The van der Waals surface area contributed by atoms with Gasteiger partial charge in [0.05, 0.1) is 12.6 Å². The first-order chi connectivity index (χ1) is 11.9. The van der Waals surface area contributed by atoms with Crippen LogP contribution in [0.15, 0.2) is 24.3 Å². The van der Waals surface area contributed by atoms with Crippen LogP contribution in [0, 0.1) is 0 Å². The van der Waals surface area contributed by atoms with E-state index in [1.807, 2.05) is 9.80 Å². The fraction of sp³-hybridized carbons (Fsp3) is 0.588. The number of likely N-dealkylation sites (tertiary alicyclic amines) is 1. The molecular formula is C17H19F3N2O3. The molecule has 1 spiro atoms. The third-order valence-corrected chi connectivity index (χ3v) is 5.29. The molecule has 25 heavy (non-hydrogen) atoms. The summed E-state index contributed by atoms with van der Waals surface area (Å²) in [5, 5.41) is 0. The molecule has 5 nitrogen and oxygen atoms in total. The zero-order valence-electron chi connectivity index (χ0n) is 13.6. The van der Waals surface area contributed by atoms with Gasteiger partial charge in [-0.25, -0.2) is 0 Å². The first-order valence-electron chi connectivity index (χ1n) is 8.41. The summed E-state index contributed by atoms with van der Waals surface area (Å²) in [6, 6.07) is 6.02. The average molecular weight is 356 g/mol. The molecule has 4 rings (SSSR count). The molecule has 0 N–H and O–H groups in total. The Hall–Kier alpha value is -1.80. The van der Waals surface area contributed by atoms with Gasteiger partial charge in [-0.1, -0.05) is 18.2 Å². The third kappa shape index (κ3) is 2.87. The molecule has 3 heterocycles. The highest BCUT2D eigenvalue weighted by Crippen LogP contribution is 2.45. The van der Waals surface area contributed by atoms with Crippen molar-refractivity contribution in [2.75, 3.05) is 19.7 Å². The van der Waals surface area contributed by atoms with Gasteiger partial charge >= 0.3 is 6.36 Å². The standard InChI is InChI=1S/C17H19F3N2O3/c18-17(19,20)25-13-5-2-1-4-12(13)11-21-8-6-16-14(21)10-15(23)22(16)7-3-9-24-16/h1-2,4-5,14H,3,6-11H2/t14-,16+/m1/s1. The Balaban J connectivity index is 1.56. The molecule has 0 aliphatic carbocycles. The Morgan fingerprint density at radius 3 is 2.88 bits per heavy atom. The highest BCUT2D eigenvalue weighted by Gasteiger charge is 2.60. The smallest absolute Gasteiger partial charge is 0.405 e. The molecule has 0 radical (unpaired) electrons. The number of nitrogens with zero attached hydrogens (tertiary/aromatic N) is 2. The zero-order valence-corrected chi connectivity index (χ0v) is 13.6. The van der Waals surface area contributed by atoms with Crippen molar-refractivity contribution >= 4 is 5.91 Å². The highest BCUT2D eigenvalue weighted by molar-refractivity contribution is 5.81. The molecule has 1 aromatic rings. The van der Waals surface area contributed by atoms with Gasteiger partial charge in [0.2, 0.25) is 5.91 Å². The number of ether oxygens (including phenoxy) is 2. The van der Waals surface area contributed by atoms with Crippen molar-refractivity contribution in [3.63, 3.8) is 0 Å². The lowest BCUT2D eigenvalue weighted by molar-refractivity contribution is -0.275. The van der Waals surface area contributed by atoms with Crippen molar-refractivity contribution < 1.29 is 27.4 Å². The van der Waals surface area contributed by atoms with Crippen LogP contribution in [0.25, 0.3) is 0 Å². The van der Waals surface area contributed by atoms with Crippen LogP contribution in [-0.4, -0.2) is 53.5 Å². The van der Waals surface area contributed by atoms with Crippen molar-refractivity contribution in [3.8, 4) is 5.75 Å². The predicted molar refractivity (Wildman–Crippen MR) is 81.6 cm³/mol. The van der Waals surface area contributed by atoms with Crippen LogP contribution in [0.1, 0.15) is 24.8 Å². The van der Waals surface area contributed by atoms with Crippen LogP contribution in [0.5, 0.6) is 5.75 Å². The van der Waals surface area contributed by atoms with Gasteiger partial charge in [-0.2, -0.15) is 0 Å². The number of hydrogen-bond donors (Lipinski definition) is 0. The third-order valence-electron chi connectivity index (χ3n) is 5.29. The molecular weight excluding hydrogens is 337 g/mol. The van der Waals surface area contributed by atoms with E-state index in [0.717, 1.165) is 6.42 Å². The van der Waals surface area contributed by atoms with Gasteiger partial charge in [-0.15, -0.1) is 13.2 Å². The Labute approximate surface area is 143 Å². The summed E-state index contributed by atoms with van der Waals surface area (Å²) in [4.78, 5) is 16.2. The minimum Gasteiger partial charge on any atom is -0.405 e. The molecule has 0 bridgehead atoms. The Bertz CT molecular complexity index is 681. The monoisotopic (exact) mass is 356 g/mol. The summed E-state index contributed by atoms with van der Waals surface area (Å²) in [7, 11) is 0. The number of alkyl halides is 3. The number of carbonyl (C=O) groups excluding carboxylic acids is 1. The maximum atomic E-state index is 12.6. The lowest BCUT2D eigenvalue weighted by Crippen LogP contribution is -2.56. The van der Waals surface area contributed by atoms with Gasteiger partial charge in [-0.05, 0) is 12.5 Å². The van der Waals surface area contributed by atoms with Crippen molar-refractivity contribution in [2.45, 2.75) is 43.9 Å². The SMILES string of the molecule is O=C1C[C@H]2N(Cc3ccccc3OC(F)(F)F)CC[C@]23OCCCN13. The van der Waals surface area contributed by atoms with E-state index in [2.05, 4.69) is 4.74 Å². The minimum atomic E-state index is -4.73. The Morgan fingerprint density at radius 1 is 1.28 bits per heavy atom. The van der Waals surface area contributed by atoms with Crippen LogP contribution in [0.4, 0.5) is 13.2 Å². The fourth-order valence-electron chi connectivity index (χ4n) is 4.30. The number of halogens is 3. The molecule has 3 saturated heterocycles. The Kier molecular flexibility index (Phi) is 3.92. The van der Waals surface area contributed by atoms with E-state index >= 15 is 0 Å². The molecule has 0 aromatic heterocycles. The zero-order chi connectivity index (χ0) is 17.7. The van der Waals surface area contributed by atoms with E-state index in [9.17, 15) is 18.0 Å². The molecule has 1 aromatic carbocycles. The van der Waals surface area contributed by atoms with Gasteiger partial charge in [0.25, 0.3) is 0 Å². The van der Waals surface area contributed by atoms with Crippen molar-refractivity contribution in [2.24, 2.45) is 0 Å². The molecule has 1 amide bonds. The second-order valence-corrected chi connectivity index (χ2v) is 6.69. The van der Waals surface area contributed by atoms with E-state index in [0.29, 0.717) is 44.6 Å². The second-order valence-electron chi connectivity index (χ2n) is 6.69. The summed E-state index contributed by atoms with van der Waals surface area (Å²) < 4.78 is 48.0. The van der Waals surface area contributed by atoms with E-state index < -0.39 is 12.1 Å². The number of para-hydroxylation sites is 1. The number of carbonyl (C=O) groups is 1. The maximum absolute atomic E-state index is 12.6. The van der Waals surface area contributed by atoms with E-state index in [4.69, 9.17) is 4.74 Å². The molecule has 0 saturated carbocycles. The topological polar surface area (TPSA) is 42.0 Å². The van der Waals surface area contributed by atoms with Gasteiger partial charge in [0.15, 0.2) is 5.72 Å². The summed E-state index contributed by atoms with van der Waals surface area (Å²) in [6.07, 6.45) is -2.87. The molecule has 3 aliphatic rings. The lowest BCUT2D eigenvalue weighted by Gasteiger charge is -2.42. The van der Waals surface area contributed by atoms with E-state index in [1.54, 1.807) is 12.1 Å². The van der Waals surface area contributed by atoms with Crippen LogP contribution < -0.4 is 4.74 Å². The molecule has 8 heteroatoms. The van der Waals surface area contributed by atoms with Crippen molar-refractivity contribution in [1.82, 2.24) is 9.80 Å². The van der Waals surface area contributed by atoms with Gasteiger partial charge in [-0.3, -0.25) is 9.69 Å². The number of rotatable bonds is 3. The summed E-state index contributed by atoms with van der Waals surface area (Å²) in [6.45, 7) is 2.27. The molecule has 3 aliphatic heterocycles. The van der Waals surface area contributed by atoms with Gasteiger partial charge < -0.3 is 14.4 Å². The molecule has 0 unspecified atom stereocenters. The summed E-state index contributed by atoms with van der Waals surface area (Å²) >= 11 is 0. The Morgan fingerprint density at radius 2 is 2.08 bits per heavy atom. The largest absolute Gasteiger partial charge is 0.573 e. The van der Waals surface area contributed by atoms with E-state index in [-0.39, 0.29) is 17.7 Å². The number of hydrogen-bond acceptors (Lipinski definition) is 4. The summed E-state index contributed by atoms with van der Waals surface area (Å²) in [5.74, 6) is -0.129. The van der Waals surface area contributed by atoms with Crippen LogP contribution >= 0.6 is 0 Å². The molecule has 136 valence electrons. The normalized spacial score (nSPS) is 29.6.